The van der Waals surface area contributed by atoms with Crippen molar-refractivity contribution in [2.24, 2.45) is 10.7 Å². The van der Waals surface area contributed by atoms with Gasteiger partial charge in [-0.15, -0.1) is 24.0 Å². The normalized spacial score (nSPS) is 12.1. The number of ether oxygens (including phenoxy) is 1. The van der Waals surface area contributed by atoms with Crippen molar-refractivity contribution in [3.8, 4) is 5.75 Å². The number of nitrogens with two attached hydrogens (primary N) is 1. The summed E-state index contributed by atoms with van der Waals surface area (Å²) < 4.78 is 45.0. The molecule has 0 aliphatic rings. The van der Waals surface area contributed by atoms with Crippen molar-refractivity contribution in [2.75, 3.05) is 13.1 Å². The van der Waals surface area contributed by atoms with Gasteiger partial charge in [-0.25, -0.2) is 4.99 Å². The van der Waals surface area contributed by atoms with Gasteiger partial charge in [0.25, 0.3) is 0 Å². The number of rotatable bonds is 6. The van der Waals surface area contributed by atoms with E-state index in [2.05, 4.69) is 4.99 Å². The Labute approximate surface area is 158 Å². The van der Waals surface area contributed by atoms with Crippen LogP contribution in [0.4, 0.5) is 13.2 Å². The topological polar surface area (TPSA) is 50.8 Å². The first-order valence-electron chi connectivity index (χ1n) is 7.60. The van der Waals surface area contributed by atoms with E-state index in [-0.39, 0.29) is 53.9 Å². The van der Waals surface area contributed by atoms with Crippen molar-refractivity contribution >= 4 is 29.9 Å². The lowest BCUT2D eigenvalue weighted by Crippen LogP contribution is -2.37. The van der Waals surface area contributed by atoms with Crippen LogP contribution in [0.15, 0.2) is 23.2 Å². The third-order valence-electron chi connectivity index (χ3n) is 3.26. The van der Waals surface area contributed by atoms with Crippen LogP contribution in [0.1, 0.15) is 38.8 Å². The summed E-state index contributed by atoms with van der Waals surface area (Å²) in [5, 5.41) is 0. The number of aliphatic imine (C=N–C) groups is 1. The second-order valence-corrected chi connectivity index (χ2v) is 5.33. The quantitative estimate of drug-likeness (QED) is 0.393. The average molecular weight is 459 g/mol. The molecule has 0 fully saturated rings. The Balaban J connectivity index is 0.00000529. The third kappa shape index (κ3) is 6.74. The van der Waals surface area contributed by atoms with E-state index in [1.54, 1.807) is 18.7 Å². The molecule has 0 amide bonds. The molecule has 0 saturated heterocycles. The van der Waals surface area contributed by atoms with Gasteiger partial charge in [-0.3, -0.25) is 0 Å². The van der Waals surface area contributed by atoms with Gasteiger partial charge in [-0.2, -0.15) is 13.2 Å². The minimum absolute atomic E-state index is 0. The van der Waals surface area contributed by atoms with Crippen LogP contribution in [0.5, 0.6) is 5.75 Å². The summed E-state index contributed by atoms with van der Waals surface area (Å²) in [6.07, 6.45) is -4.66. The Hall–Kier alpha value is -1.19. The second-order valence-electron chi connectivity index (χ2n) is 5.33. The number of hydrogen-bond donors (Lipinski definition) is 1. The molecule has 0 bridgehead atoms. The maximum atomic E-state index is 13.2. The van der Waals surface area contributed by atoms with Crippen molar-refractivity contribution in [3.63, 3.8) is 0 Å². The molecular weight excluding hydrogens is 434 g/mol. The Bertz CT molecular complexity index is 544. The van der Waals surface area contributed by atoms with Gasteiger partial charge in [0.05, 0.1) is 18.2 Å². The van der Waals surface area contributed by atoms with Crippen LogP contribution in [0.25, 0.3) is 0 Å². The minimum atomic E-state index is -4.47. The highest BCUT2D eigenvalue weighted by atomic mass is 127. The van der Waals surface area contributed by atoms with Gasteiger partial charge in [0.1, 0.15) is 5.75 Å². The number of halogens is 4. The first kappa shape index (κ1) is 22.8. The molecule has 138 valence electrons. The number of alkyl halides is 3. The second kappa shape index (κ2) is 9.95. The van der Waals surface area contributed by atoms with Gasteiger partial charge in [0, 0.05) is 13.1 Å². The highest BCUT2D eigenvalue weighted by Gasteiger charge is 2.33. The lowest BCUT2D eigenvalue weighted by molar-refractivity contribution is -0.138. The molecule has 2 N–H and O–H groups in total. The highest BCUT2D eigenvalue weighted by molar-refractivity contribution is 14.0. The zero-order valence-electron chi connectivity index (χ0n) is 14.4. The van der Waals surface area contributed by atoms with E-state index in [0.29, 0.717) is 13.1 Å². The Morgan fingerprint density at radius 1 is 1.25 bits per heavy atom. The van der Waals surface area contributed by atoms with Crippen LogP contribution < -0.4 is 10.5 Å². The molecule has 1 aromatic carbocycles. The van der Waals surface area contributed by atoms with E-state index in [1.807, 2.05) is 13.8 Å². The molecule has 8 heteroatoms. The SMILES string of the molecule is CCN(CC)C(N)=NCc1ccc(OC(C)C)cc1C(F)(F)F.I. The van der Waals surface area contributed by atoms with E-state index >= 15 is 0 Å². The molecule has 0 unspecified atom stereocenters. The van der Waals surface area contributed by atoms with Gasteiger partial charge >= 0.3 is 6.18 Å². The number of nitrogens with zero attached hydrogens (tertiary/aromatic N) is 2. The van der Waals surface area contributed by atoms with Crippen LogP contribution in [-0.4, -0.2) is 30.1 Å². The van der Waals surface area contributed by atoms with Gasteiger partial charge in [-0.05, 0) is 45.4 Å². The summed E-state index contributed by atoms with van der Waals surface area (Å²) in [5.41, 5.74) is 5.14. The fourth-order valence-electron chi connectivity index (χ4n) is 2.12. The van der Waals surface area contributed by atoms with E-state index in [4.69, 9.17) is 10.5 Å². The van der Waals surface area contributed by atoms with Crippen molar-refractivity contribution in [3.05, 3.63) is 29.3 Å². The molecular formula is C16H25F3IN3O. The smallest absolute Gasteiger partial charge is 0.416 e. The summed E-state index contributed by atoms with van der Waals surface area (Å²) in [4.78, 5) is 5.86. The molecule has 0 atom stereocenters. The number of hydrogen-bond acceptors (Lipinski definition) is 2. The zero-order chi connectivity index (χ0) is 17.6. The van der Waals surface area contributed by atoms with Gasteiger partial charge < -0.3 is 15.4 Å². The molecule has 0 radical (unpaired) electrons. The molecule has 0 saturated carbocycles. The van der Waals surface area contributed by atoms with Gasteiger partial charge in [0.15, 0.2) is 5.96 Å². The predicted molar refractivity (Wildman–Crippen MR) is 101 cm³/mol. The third-order valence-corrected chi connectivity index (χ3v) is 3.26. The zero-order valence-corrected chi connectivity index (χ0v) is 16.7. The Kier molecular flexibility index (Phi) is 9.46. The van der Waals surface area contributed by atoms with Crippen LogP contribution in [0.2, 0.25) is 0 Å². The van der Waals surface area contributed by atoms with Crippen molar-refractivity contribution in [1.82, 2.24) is 4.90 Å². The van der Waals surface area contributed by atoms with Crippen LogP contribution >= 0.6 is 24.0 Å². The van der Waals surface area contributed by atoms with Crippen LogP contribution in [0.3, 0.4) is 0 Å². The van der Waals surface area contributed by atoms with E-state index in [1.165, 1.54) is 12.1 Å². The number of guanidine groups is 1. The van der Waals surface area contributed by atoms with Crippen LogP contribution in [-0.2, 0) is 12.7 Å². The molecule has 0 aliphatic carbocycles. The fourth-order valence-corrected chi connectivity index (χ4v) is 2.12. The molecule has 1 aromatic rings. The first-order valence-corrected chi connectivity index (χ1v) is 7.60. The fraction of sp³-hybridized carbons (Fsp3) is 0.562. The molecule has 24 heavy (non-hydrogen) atoms. The predicted octanol–water partition coefficient (Wildman–Crippen LogP) is 4.27. The Morgan fingerprint density at radius 2 is 1.83 bits per heavy atom. The lowest BCUT2D eigenvalue weighted by Gasteiger charge is -2.20. The average Bonchev–Trinajstić information content (AvgIpc) is 2.45. The maximum Gasteiger partial charge on any atom is 0.416 e. The summed E-state index contributed by atoms with van der Waals surface area (Å²) in [5.74, 6) is 0.433. The van der Waals surface area contributed by atoms with Gasteiger partial charge in [-0.1, -0.05) is 6.07 Å². The summed E-state index contributed by atoms with van der Waals surface area (Å²) in [6.45, 7) is 8.51. The number of benzene rings is 1. The largest absolute Gasteiger partial charge is 0.491 e. The summed E-state index contributed by atoms with van der Waals surface area (Å²) in [7, 11) is 0. The monoisotopic (exact) mass is 459 g/mol. The molecule has 0 spiro atoms. The maximum absolute atomic E-state index is 13.2. The van der Waals surface area contributed by atoms with Gasteiger partial charge in [0.2, 0.25) is 0 Å². The highest BCUT2D eigenvalue weighted by Crippen LogP contribution is 2.35. The first-order chi connectivity index (χ1) is 10.7. The Morgan fingerprint density at radius 3 is 2.29 bits per heavy atom. The van der Waals surface area contributed by atoms with Crippen molar-refractivity contribution < 1.29 is 17.9 Å². The molecule has 0 heterocycles. The molecule has 0 aliphatic heterocycles. The van der Waals surface area contributed by atoms with E-state index in [9.17, 15) is 13.2 Å². The minimum Gasteiger partial charge on any atom is -0.491 e. The van der Waals surface area contributed by atoms with E-state index < -0.39 is 11.7 Å². The molecule has 0 aromatic heterocycles. The van der Waals surface area contributed by atoms with E-state index in [0.717, 1.165) is 6.07 Å². The van der Waals surface area contributed by atoms with Crippen LogP contribution in [0, 0.1) is 0 Å². The molecule has 1 rings (SSSR count). The molecule has 4 nitrogen and oxygen atoms in total. The van der Waals surface area contributed by atoms with Crippen molar-refractivity contribution in [1.29, 1.82) is 0 Å². The van der Waals surface area contributed by atoms with Crippen molar-refractivity contribution in [2.45, 2.75) is 46.5 Å². The summed E-state index contributed by atoms with van der Waals surface area (Å²) >= 11 is 0. The standard InChI is InChI=1S/C16H24F3N3O.HI/c1-5-22(6-2)15(20)21-10-12-7-8-13(23-11(3)4)9-14(12)16(17,18)19;/h7-9,11H,5-6,10H2,1-4H3,(H2,20,21);1H. The summed E-state index contributed by atoms with van der Waals surface area (Å²) in [6, 6.07) is 3.92. The lowest BCUT2D eigenvalue weighted by atomic mass is 10.1.